The smallest absolute Gasteiger partial charge is 0.338 e. The van der Waals surface area contributed by atoms with Crippen LogP contribution in [-0.4, -0.2) is 41.3 Å². The number of rotatable bonds is 5. The molecule has 0 aliphatic carbocycles. The van der Waals surface area contributed by atoms with E-state index in [-0.39, 0.29) is 11.2 Å². The number of esters is 1. The lowest BCUT2D eigenvalue weighted by atomic mass is 9.98. The Morgan fingerprint density at radius 2 is 1.42 bits per heavy atom. The molecule has 0 atom stereocenters. The van der Waals surface area contributed by atoms with Gasteiger partial charge in [-0.2, -0.15) is 0 Å². The van der Waals surface area contributed by atoms with E-state index in [0.717, 1.165) is 38.9 Å². The molecule has 1 aliphatic rings. The lowest BCUT2D eigenvalue weighted by molar-refractivity contribution is 0.0597. The largest absolute Gasteiger partial charge is 0.465 e. The molecule has 160 valence electrons. The molecule has 31 heavy (non-hydrogen) atoms. The summed E-state index contributed by atoms with van der Waals surface area (Å²) in [6.45, 7) is 0. The number of fused-ring (bicyclic) bond motifs is 2. The maximum absolute atomic E-state index is 12.3. The van der Waals surface area contributed by atoms with Crippen molar-refractivity contribution in [1.82, 2.24) is 0 Å². The first-order valence-corrected chi connectivity index (χ1v) is 10.9. The molecular weight excluding hydrogens is 408 g/mol. The van der Waals surface area contributed by atoms with E-state index in [1.807, 2.05) is 46.4 Å². The average molecular weight is 435 g/mol. The maximum atomic E-state index is 12.3. The van der Waals surface area contributed by atoms with Crippen LogP contribution < -0.4 is 14.5 Å². The summed E-state index contributed by atoms with van der Waals surface area (Å²) < 4.78 is 11.4. The van der Waals surface area contributed by atoms with Crippen LogP contribution in [0.4, 0.5) is 11.4 Å². The molecule has 0 bridgehead atoms. The fourth-order valence-corrected chi connectivity index (χ4v) is 4.93. The normalized spacial score (nSPS) is 12.4. The Bertz CT molecular complexity index is 1070. The van der Waals surface area contributed by atoms with E-state index in [1.165, 1.54) is 7.11 Å². The summed E-state index contributed by atoms with van der Waals surface area (Å²) in [5, 5.41) is -0.0167. The van der Waals surface area contributed by atoms with Crippen LogP contribution in [0.1, 0.15) is 26.7 Å². The number of carbonyl (C=O) groups excluding carboxylic acids is 1. The van der Waals surface area contributed by atoms with Crippen LogP contribution in [-0.2, 0) is 4.74 Å². The highest BCUT2D eigenvalue weighted by Gasteiger charge is 2.30. The quantitative estimate of drug-likeness (QED) is 0.488. The standard InChI is InChI=1S/C25H26N2O3S/c1-26(2)16-10-12-18-21(14-16)30-22-15-17(27(3)4)11-13-19(22)24(18)31-23-9-7-6-8-20(23)25(28)29-5/h6-15,24H,1-5H3. The van der Waals surface area contributed by atoms with Gasteiger partial charge in [-0.25, -0.2) is 4.79 Å². The SMILES string of the molecule is COC(=O)c1ccccc1SC1c2ccc(N(C)C)cc2Oc2cc(N(C)C)ccc21. The molecular formula is C25H26N2O3S. The lowest BCUT2D eigenvalue weighted by Gasteiger charge is -2.30. The number of methoxy groups -OCH3 is 1. The number of ether oxygens (including phenoxy) is 2. The van der Waals surface area contributed by atoms with Gasteiger partial charge in [-0.1, -0.05) is 24.3 Å². The predicted octanol–water partition coefficient (Wildman–Crippen LogP) is 5.59. The van der Waals surface area contributed by atoms with Crippen molar-refractivity contribution in [3.63, 3.8) is 0 Å². The molecule has 0 N–H and O–H groups in total. The van der Waals surface area contributed by atoms with Crippen molar-refractivity contribution < 1.29 is 14.3 Å². The zero-order valence-electron chi connectivity index (χ0n) is 18.4. The van der Waals surface area contributed by atoms with Crippen LogP contribution in [0.15, 0.2) is 65.6 Å². The molecule has 0 saturated carbocycles. The zero-order chi connectivity index (χ0) is 22.1. The van der Waals surface area contributed by atoms with Gasteiger partial charge in [0, 0.05) is 67.7 Å². The van der Waals surface area contributed by atoms with E-state index in [0.29, 0.717) is 5.56 Å². The van der Waals surface area contributed by atoms with Gasteiger partial charge < -0.3 is 19.3 Å². The van der Waals surface area contributed by atoms with E-state index in [1.54, 1.807) is 17.8 Å². The number of thioether (sulfide) groups is 1. The predicted molar refractivity (Wildman–Crippen MR) is 127 cm³/mol. The molecule has 0 saturated heterocycles. The Kier molecular flexibility index (Phi) is 5.83. The van der Waals surface area contributed by atoms with Crippen molar-refractivity contribution in [3.05, 3.63) is 77.4 Å². The fourth-order valence-electron chi connectivity index (χ4n) is 3.60. The molecule has 4 rings (SSSR count). The summed E-state index contributed by atoms with van der Waals surface area (Å²) in [4.78, 5) is 17.3. The van der Waals surface area contributed by atoms with Gasteiger partial charge in [-0.05, 0) is 24.3 Å². The van der Waals surface area contributed by atoms with Gasteiger partial charge in [-0.15, -0.1) is 11.8 Å². The van der Waals surface area contributed by atoms with Crippen molar-refractivity contribution in [2.45, 2.75) is 10.1 Å². The minimum absolute atomic E-state index is 0.0167. The number of benzene rings is 3. The molecule has 0 aromatic heterocycles. The van der Waals surface area contributed by atoms with Crippen molar-refractivity contribution in [2.24, 2.45) is 0 Å². The van der Waals surface area contributed by atoms with Crippen LogP contribution in [0, 0.1) is 0 Å². The van der Waals surface area contributed by atoms with Crippen LogP contribution in [0.25, 0.3) is 0 Å². The molecule has 3 aromatic rings. The molecule has 0 fully saturated rings. The van der Waals surface area contributed by atoms with Gasteiger partial charge in [-0.3, -0.25) is 0 Å². The number of hydrogen-bond acceptors (Lipinski definition) is 6. The molecule has 0 spiro atoms. The first kappa shape index (κ1) is 21.1. The van der Waals surface area contributed by atoms with Gasteiger partial charge >= 0.3 is 5.97 Å². The van der Waals surface area contributed by atoms with Gasteiger partial charge in [0.25, 0.3) is 0 Å². The minimum atomic E-state index is -0.332. The second-order valence-corrected chi connectivity index (χ2v) is 8.97. The zero-order valence-corrected chi connectivity index (χ0v) is 19.2. The fraction of sp³-hybridized carbons (Fsp3) is 0.240. The Hall–Kier alpha value is -3.12. The van der Waals surface area contributed by atoms with E-state index in [2.05, 4.69) is 46.2 Å². The molecule has 0 unspecified atom stereocenters. The summed E-state index contributed by atoms with van der Waals surface area (Å²) in [5.74, 6) is 1.34. The van der Waals surface area contributed by atoms with Gasteiger partial charge in [0.05, 0.1) is 17.9 Å². The third kappa shape index (κ3) is 4.08. The van der Waals surface area contributed by atoms with Gasteiger partial charge in [0.15, 0.2) is 0 Å². The highest BCUT2D eigenvalue weighted by atomic mass is 32.2. The van der Waals surface area contributed by atoms with Crippen LogP contribution in [0.2, 0.25) is 0 Å². The molecule has 0 amide bonds. The highest BCUT2D eigenvalue weighted by Crippen LogP contribution is 2.53. The molecule has 3 aromatic carbocycles. The van der Waals surface area contributed by atoms with Crippen molar-refractivity contribution in [3.8, 4) is 11.5 Å². The molecule has 1 heterocycles. The number of anilines is 2. The highest BCUT2D eigenvalue weighted by molar-refractivity contribution is 7.99. The average Bonchev–Trinajstić information content (AvgIpc) is 2.77. The monoisotopic (exact) mass is 434 g/mol. The summed E-state index contributed by atoms with van der Waals surface area (Å²) in [6, 6.07) is 20.1. The second kappa shape index (κ2) is 8.55. The first-order chi connectivity index (χ1) is 14.9. The Labute approximate surface area is 187 Å². The summed E-state index contributed by atoms with van der Waals surface area (Å²) in [6.07, 6.45) is 0. The Morgan fingerprint density at radius 3 is 1.94 bits per heavy atom. The third-order valence-electron chi connectivity index (χ3n) is 5.35. The molecule has 5 nitrogen and oxygen atoms in total. The van der Waals surface area contributed by atoms with Gasteiger partial charge in [0.1, 0.15) is 11.5 Å². The van der Waals surface area contributed by atoms with Crippen molar-refractivity contribution in [1.29, 1.82) is 0 Å². The van der Waals surface area contributed by atoms with E-state index in [9.17, 15) is 4.79 Å². The van der Waals surface area contributed by atoms with Crippen LogP contribution in [0.3, 0.4) is 0 Å². The molecule has 0 radical (unpaired) electrons. The number of carbonyl (C=O) groups is 1. The van der Waals surface area contributed by atoms with Crippen LogP contribution in [0.5, 0.6) is 11.5 Å². The van der Waals surface area contributed by atoms with Crippen LogP contribution >= 0.6 is 11.8 Å². The van der Waals surface area contributed by atoms with E-state index < -0.39 is 0 Å². The summed E-state index contributed by atoms with van der Waals surface area (Å²) in [5.41, 5.74) is 4.88. The van der Waals surface area contributed by atoms with Crippen molar-refractivity contribution >= 4 is 29.1 Å². The molecule has 6 heteroatoms. The number of hydrogen-bond donors (Lipinski definition) is 0. The minimum Gasteiger partial charge on any atom is -0.465 e. The second-order valence-electron chi connectivity index (χ2n) is 7.82. The maximum Gasteiger partial charge on any atom is 0.338 e. The lowest BCUT2D eigenvalue weighted by Crippen LogP contribution is -2.14. The first-order valence-electron chi connectivity index (χ1n) is 10.0. The summed E-state index contributed by atoms with van der Waals surface area (Å²) >= 11 is 1.64. The van der Waals surface area contributed by atoms with Crippen molar-refractivity contribution in [2.75, 3.05) is 45.1 Å². The number of nitrogens with zero attached hydrogens (tertiary/aromatic N) is 2. The molecule has 1 aliphatic heterocycles. The summed E-state index contributed by atoms with van der Waals surface area (Å²) in [7, 11) is 9.47. The topological polar surface area (TPSA) is 42.0 Å². The van der Waals surface area contributed by atoms with E-state index in [4.69, 9.17) is 9.47 Å². The Balaban J connectivity index is 1.83. The Morgan fingerprint density at radius 1 is 0.871 bits per heavy atom. The third-order valence-corrected chi connectivity index (χ3v) is 6.70. The van der Waals surface area contributed by atoms with E-state index >= 15 is 0 Å². The van der Waals surface area contributed by atoms with Gasteiger partial charge in [0.2, 0.25) is 0 Å².